The lowest BCUT2D eigenvalue weighted by atomic mass is 10.0. The van der Waals surface area contributed by atoms with Crippen molar-refractivity contribution in [2.45, 2.75) is 52.4 Å². The van der Waals surface area contributed by atoms with Crippen molar-refractivity contribution >= 4 is 22.4 Å². The molecule has 1 heterocycles. The number of nitrogens with zero attached hydrogens (tertiary/aromatic N) is 2. The molecule has 5 heteroatoms. The molecule has 0 spiro atoms. The molecule has 1 aromatic heterocycles. The van der Waals surface area contributed by atoms with Gasteiger partial charge in [0.05, 0.1) is 0 Å². The van der Waals surface area contributed by atoms with Crippen molar-refractivity contribution in [3.8, 4) is 0 Å². The Morgan fingerprint density at radius 2 is 1.95 bits per heavy atom. The van der Waals surface area contributed by atoms with Crippen LogP contribution >= 0.6 is 11.3 Å². The highest BCUT2D eigenvalue weighted by Gasteiger charge is 2.16. The quantitative estimate of drug-likeness (QED) is 0.799. The number of benzene rings is 1. The second kappa shape index (κ2) is 8.03. The molecule has 0 saturated carbocycles. The Hall–Kier alpha value is -1.75. The van der Waals surface area contributed by atoms with E-state index in [1.54, 1.807) is 0 Å². The van der Waals surface area contributed by atoms with Gasteiger partial charge in [-0.25, -0.2) is 0 Å². The normalized spacial score (nSPS) is 12.1. The summed E-state index contributed by atoms with van der Waals surface area (Å²) in [4.78, 5) is 12.2. The highest BCUT2D eigenvalue weighted by molar-refractivity contribution is 7.15. The molecule has 0 fully saturated rings. The summed E-state index contributed by atoms with van der Waals surface area (Å²) in [6, 6.07) is 7.50. The topological polar surface area (TPSA) is 54.9 Å². The molecule has 1 atom stereocenters. The van der Waals surface area contributed by atoms with Crippen LogP contribution in [0.1, 0.15) is 66.4 Å². The number of unbranched alkanes of at least 4 members (excludes halogenated alkanes) is 1. The van der Waals surface area contributed by atoms with E-state index in [-0.39, 0.29) is 5.91 Å². The van der Waals surface area contributed by atoms with Crippen LogP contribution in [-0.4, -0.2) is 16.1 Å². The van der Waals surface area contributed by atoms with E-state index in [0.717, 1.165) is 23.4 Å². The molecule has 22 heavy (non-hydrogen) atoms. The van der Waals surface area contributed by atoms with Gasteiger partial charge in [0.15, 0.2) is 0 Å². The lowest BCUT2D eigenvalue weighted by Gasteiger charge is -2.09. The molecule has 0 aliphatic carbocycles. The van der Waals surface area contributed by atoms with Gasteiger partial charge in [0.1, 0.15) is 5.01 Å². The van der Waals surface area contributed by atoms with Crippen LogP contribution in [0, 0.1) is 6.92 Å². The molecular formula is C17H23N3OS. The minimum absolute atomic E-state index is 0.135. The van der Waals surface area contributed by atoms with Crippen LogP contribution in [0.3, 0.4) is 0 Å². The number of aryl methyl sites for hydroxylation is 1. The van der Waals surface area contributed by atoms with Crippen LogP contribution in [0.15, 0.2) is 24.3 Å². The van der Waals surface area contributed by atoms with Crippen LogP contribution < -0.4 is 5.32 Å². The van der Waals surface area contributed by atoms with Gasteiger partial charge >= 0.3 is 0 Å². The van der Waals surface area contributed by atoms with E-state index < -0.39 is 0 Å². The van der Waals surface area contributed by atoms with Crippen LogP contribution in [0.2, 0.25) is 0 Å². The van der Waals surface area contributed by atoms with E-state index in [2.05, 4.69) is 29.4 Å². The second-order valence-corrected chi connectivity index (χ2v) is 6.52. The van der Waals surface area contributed by atoms with E-state index in [1.165, 1.54) is 24.2 Å². The van der Waals surface area contributed by atoms with Crippen molar-refractivity contribution in [2.24, 2.45) is 0 Å². The summed E-state index contributed by atoms with van der Waals surface area (Å²) < 4.78 is 0. The minimum atomic E-state index is -0.135. The van der Waals surface area contributed by atoms with Crippen LogP contribution in [0.4, 0.5) is 5.13 Å². The van der Waals surface area contributed by atoms with Gasteiger partial charge in [-0.3, -0.25) is 10.1 Å². The summed E-state index contributed by atoms with van der Waals surface area (Å²) in [5, 5.41) is 12.8. The predicted octanol–water partition coefficient (Wildman–Crippen LogP) is 4.78. The molecule has 0 aliphatic heterocycles. The van der Waals surface area contributed by atoms with Gasteiger partial charge in [-0.05, 0) is 31.9 Å². The molecule has 0 radical (unpaired) electrons. The second-order valence-electron chi connectivity index (χ2n) is 5.51. The van der Waals surface area contributed by atoms with Crippen molar-refractivity contribution in [1.29, 1.82) is 0 Å². The summed E-state index contributed by atoms with van der Waals surface area (Å²) in [5.74, 6) is 0.312. The van der Waals surface area contributed by atoms with Gasteiger partial charge < -0.3 is 0 Å². The highest BCUT2D eigenvalue weighted by atomic mass is 32.1. The number of hydrogen-bond acceptors (Lipinski definition) is 4. The molecule has 0 bridgehead atoms. The van der Waals surface area contributed by atoms with Crippen molar-refractivity contribution < 1.29 is 4.79 Å². The third-order valence-corrected chi connectivity index (χ3v) is 4.72. The summed E-state index contributed by atoms with van der Waals surface area (Å²) in [7, 11) is 0. The first-order chi connectivity index (χ1) is 10.6. The Morgan fingerprint density at radius 3 is 2.59 bits per heavy atom. The van der Waals surface area contributed by atoms with Gasteiger partial charge in [-0.15, -0.1) is 10.2 Å². The Bertz CT molecular complexity index is 607. The number of carbonyl (C=O) groups is 1. The maximum absolute atomic E-state index is 12.2. The Labute approximate surface area is 136 Å². The van der Waals surface area contributed by atoms with Gasteiger partial charge in [0.25, 0.3) is 5.91 Å². The first-order valence-corrected chi connectivity index (χ1v) is 8.67. The van der Waals surface area contributed by atoms with Gasteiger partial charge in [0, 0.05) is 11.5 Å². The van der Waals surface area contributed by atoms with Crippen LogP contribution in [-0.2, 0) is 0 Å². The third kappa shape index (κ3) is 4.37. The average Bonchev–Trinajstić information content (AvgIpc) is 2.97. The molecular weight excluding hydrogens is 294 g/mol. The van der Waals surface area contributed by atoms with Crippen molar-refractivity contribution in [3.63, 3.8) is 0 Å². The number of carbonyl (C=O) groups excluding carboxylic acids is 1. The smallest absolute Gasteiger partial charge is 0.257 e. The Kier molecular flexibility index (Phi) is 6.07. The molecule has 0 unspecified atom stereocenters. The summed E-state index contributed by atoms with van der Waals surface area (Å²) in [5.41, 5.74) is 1.77. The summed E-state index contributed by atoms with van der Waals surface area (Å²) in [6.07, 6.45) is 4.57. The van der Waals surface area contributed by atoms with Crippen molar-refractivity contribution in [2.75, 3.05) is 5.32 Å². The first kappa shape index (κ1) is 16.6. The molecule has 2 aromatic rings. The molecule has 2 rings (SSSR count). The fraction of sp³-hybridized carbons (Fsp3) is 0.471. The van der Waals surface area contributed by atoms with E-state index in [9.17, 15) is 4.79 Å². The monoisotopic (exact) mass is 317 g/mol. The first-order valence-electron chi connectivity index (χ1n) is 7.85. The average molecular weight is 317 g/mol. The molecule has 1 amide bonds. The largest absolute Gasteiger partial charge is 0.296 e. The lowest BCUT2D eigenvalue weighted by Crippen LogP contribution is -2.11. The fourth-order valence-corrected chi connectivity index (χ4v) is 3.23. The highest BCUT2D eigenvalue weighted by Crippen LogP contribution is 2.29. The molecule has 4 nitrogen and oxygen atoms in total. The number of hydrogen-bond donors (Lipinski definition) is 1. The lowest BCUT2D eigenvalue weighted by molar-refractivity contribution is 0.102. The standard InChI is InChI=1S/C17H23N3OS/c1-4-6-7-13(5-2)16-19-20-17(22-16)18-15(21)14-10-8-12(3)9-11-14/h8-11,13H,4-7H2,1-3H3,(H,18,20,21)/t13-/m0/s1. The van der Waals surface area contributed by atoms with Crippen molar-refractivity contribution in [3.05, 3.63) is 40.4 Å². The maximum atomic E-state index is 12.2. The number of anilines is 1. The van der Waals surface area contributed by atoms with Gasteiger partial charge in [0.2, 0.25) is 5.13 Å². The molecule has 0 saturated heterocycles. The molecule has 1 aromatic carbocycles. The zero-order valence-electron chi connectivity index (χ0n) is 13.4. The molecule has 0 aliphatic rings. The number of nitrogens with one attached hydrogen (secondary N) is 1. The zero-order chi connectivity index (χ0) is 15.9. The van der Waals surface area contributed by atoms with E-state index in [4.69, 9.17) is 0 Å². The van der Waals surface area contributed by atoms with Crippen molar-refractivity contribution in [1.82, 2.24) is 10.2 Å². The van der Waals surface area contributed by atoms with Gasteiger partial charge in [-0.1, -0.05) is 55.7 Å². The van der Waals surface area contributed by atoms with E-state index >= 15 is 0 Å². The Balaban J connectivity index is 2.01. The SMILES string of the molecule is CCCC[C@H](CC)c1nnc(NC(=O)c2ccc(C)cc2)s1. The number of aromatic nitrogens is 2. The fourth-order valence-electron chi connectivity index (χ4n) is 2.28. The third-order valence-electron chi connectivity index (χ3n) is 3.72. The minimum Gasteiger partial charge on any atom is -0.296 e. The number of rotatable bonds is 7. The van der Waals surface area contributed by atoms with E-state index in [1.807, 2.05) is 31.2 Å². The van der Waals surface area contributed by atoms with Crippen LogP contribution in [0.25, 0.3) is 0 Å². The van der Waals surface area contributed by atoms with Gasteiger partial charge in [-0.2, -0.15) is 0 Å². The Morgan fingerprint density at radius 1 is 1.23 bits per heavy atom. The zero-order valence-corrected chi connectivity index (χ0v) is 14.2. The molecule has 1 N–H and O–H groups in total. The molecule has 118 valence electrons. The van der Waals surface area contributed by atoms with E-state index in [0.29, 0.717) is 16.6 Å². The maximum Gasteiger partial charge on any atom is 0.257 e. The number of amides is 1. The van der Waals surface area contributed by atoms with Crippen LogP contribution in [0.5, 0.6) is 0 Å². The summed E-state index contributed by atoms with van der Waals surface area (Å²) >= 11 is 1.49. The summed E-state index contributed by atoms with van der Waals surface area (Å²) in [6.45, 7) is 6.37. The predicted molar refractivity (Wildman–Crippen MR) is 91.6 cm³/mol.